The third-order valence-corrected chi connectivity index (χ3v) is 0.653. The smallest absolute Gasteiger partial charge is 0.333 e. The first-order chi connectivity index (χ1) is 4.04. The molecule has 54 valence electrons. The second-order valence-corrected chi connectivity index (χ2v) is 1.45. The molecule has 0 spiro atoms. The molecule has 0 fully saturated rings. The predicted molar refractivity (Wildman–Crippen MR) is 31.6 cm³/mol. The van der Waals surface area contributed by atoms with Crippen LogP contribution in [0.4, 0.5) is 0 Å². The molecule has 3 N–H and O–H groups in total. The molecule has 0 aromatic heterocycles. The van der Waals surface area contributed by atoms with Gasteiger partial charge in [0.15, 0.2) is 6.10 Å². The molecule has 0 unspecified atom stereocenters. The standard InChI is InChI=1S/C4H6O5.Ca/c5-2(4(8)9)1-3(6)7;/h2,5H,1H2,(H,6,7)(H,8,9);/t2-;/m0./s1. The van der Waals surface area contributed by atoms with Crippen LogP contribution in [0.15, 0.2) is 0 Å². The number of hydrogen-bond acceptors (Lipinski definition) is 3. The Hall–Kier alpha value is 0.160. The number of carboxylic acid groups (broad SMARTS) is 2. The Morgan fingerprint density at radius 3 is 1.80 bits per heavy atom. The van der Waals surface area contributed by atoms with E-state index in [1.807, 2.05) is 0 Å². The van der Waals surface area contributed by atoms with Crippen molar-refractivity contribution in [1.29, 1.82) is 0 Å². The first kappa shape index (κ1) is 12.8. The number of carbonyl (C=O) groups is 2. The van der Waals surface area contributed by atoms with Gasteiger partial charge in [-0.25, -0.2) is 4.79 Å². The third kappa shape index (κ3) is 6.28. The zero-order valence-corrected chi connectivity index (χ0v) is 7.36. The molecule has 0 bridgehead atoms. The van der Waals surface area contributed by atoms with Gasteiger partial charge in [-0.2, -0.15) is 0 Å². The molecule has 0 aliphatic heterocycles. The molecule has 0 saturated heterocycles. The molecule has 5 nitrogen and oxygen atoms in total. The second kappa shape index (κ2) is 5.91. The fourth-order valence-electron chi connectivity index (χ4n) is 0.253. The Morgan fingerprint density at radius 2 is 1.70 bits per heavy atom. The van der Waals surface area contributed by atoms with Gasteiger partial charge >= 0.3 is 11.9 Å². The summed E-state index contributed by atoms with van der Waals surface area (Å²) >= 11 is 0. The number of hydrogen-bond donors (Lipinski definition) is 3. The minimum atomic E-state index is -1.79. The topological polar surface area (TPSA) is 94.8 Å². The molecule has 2 radical (unpaired) electrons. The Kier molecular flexibility index (Phi) is 7.56. The van der Waals surface area contributed by atoms with Gasteiger partial charge in [0.1, 0.15) is 0 Å². The number of aliphatic carboxylic acids is 2. The van der Waals surface area contributed by atoms with E-state index in [0.717, 1.165) is 0 Å². The van der Waals surface area contributed by atoms with Gasteiger partial charge in [0, 0.05) is 37.7 Å². The van der Waals surface area contributed by atoms with Crippen LogP contribution in [0.5, 0.6) is 0 Å². The van der Waals surface area contributed by atoms with Crippen molar-refractivity contribution < 1.29 is 24.9 Å². The molecule has 0 amide bonds. The molecule has 0 aromatic carbocycles. The maximum atomic E-state index is 9.72. The van der Waals surface area contributed by atoms with E-state index >= 15 is 0 Å². The van der Waals surface area contributed by atoms with Crippen molar-refractivity contribution in [2.75, 3.05) is 0 Å². The van der Waals surface area contributed by atoms with Crippen molar-refractivity contribution in [3.63, 3.8) is 0 Å². The van der Waals surface area contributed by atoms with Crippen LogP contribution in [-0.4, -0.2) is 71.1 Å². The summed E-state index contributed by atoms with van der Waals surface area (Å²) in [6, 6.07) is 0. The first-order valence-corrected chi connectivity index (χ1v) is 2.16. The summed E-state index contributed by atoms with van der Waals surface area (Å²) < 4.78 is 0. The molecule has 0 heterocycles. The summed E-state index contributed by atoms with van der Waals surface area (Å²) in [5.74, 6) is -2.85. The summed E-state index contributed by atoms with van der Waals surface area (Å²) in [6.07, 6.45) is -2.54. The van der Waals surface area contributed by atoms with E-state index < -0.39 is 24.5 Å². The predicted octanol–water partition coefficient (Wildman–Crippen LogP) is -1.47. The summed E-state index contributed by atoms with van der Waals surface area (Å²) in [4.78, 5) is 19.4. The molecule has 0 aromatic rings. The van der Waals surface area contributed by atoms with Gasteiger partial charge in [-0.1, -0.05) is 0 Å². The minimum absolute atomic E-state index is 0. The van der Waals surface area contributed by atoms with Gasteiger partial charge in [0.25, 0.3) is 0 Å². The van der Waals surface area contributed by atoms with Crippen molar-refractivity contribution in [3.05, 3.63) is 0 Å². The second-order valence-electron chi connectivity index (χ2n) is 1.45. The molecular weight excluding hydrogens is 168 g/mol. The van der Waals surface area contributed by atoms with Crippen LogP contribution in [0.3, 0.4) is 0 Å². The van der Waals surface area contributed by atoms with Crippen molar-refractivity contribution >= 4 is 49.7 Å². The summed E-state index contributed by atoms with van der Waals surface area (Å²) in [6.45, 7) is 0. The fraction of sp³-hybridized carbons (Fsp3) is 0.500. The van der Waals surface area contributed by atoms with Gasteiger partial charge in [-0.3, -0.25) is 4.79 Å². The Labute approximate surface area is 86.7 Å². The number of rotatable bonds is 3. The quantitative estimate of drug-likeness (QED) is 0.454. The zero-order chi connectivity index (χ0) is 7.44. The Morgan fingerprint density at radius 1 is 1.30 bits per heavy atom. The van der Waals surface area contributed by atoms with Crippen molar-refractivity contribution in [3.8, 4) is 0 Å². The van der Waals surface area contributed by atoms with Gasteiger partial charge in [0.05, 0.1) is 6.42 Å². The van der Waals surface area contributed by atoms with E-state index in [1.165, 1.54) is 0 Å². The van der Waals surface area contributed by atoms with Gasteiger partial charge < -0.3 is 15.3 Å². The molecule has 1 atom stereocenters. The molecule has 10 heavy (non-hydrogen) atoms. The average Bonchev–Trinajstić information content (AvgIpc) is 1.63. The van der Waals surface area contributed by atoms with Crippen LogP contribution in [0.2, 0.25) is 0 Å². The first-order valence-electron chi connectivity index (χ1n) is 2.16. The number of aliphatic hydroxyl groups excluding tert-OH is 1. The normalized spacial score (nSPS) is 11.3. The minimum Gasteiger partial charge on any atom is -0.481 e. The third-order valence-electron chi connectivity index (χ3n) is 0.653. The molecule has 0 rings (SSSR count). The van der Waals surface area contributed by atoms with Gasteiger partial charge in [-0.05, 0) is 0 Å². The van der Waals surface area contributed by atoms with Crippen molar-refractivity contribution in [2.45, 2.75) is 12.5 Å². The Balaban J connectivity index is 0. The van der Waals surface area contributed by atoms with E-state index in [2.05, 4.69) is 0 Å². The molecular formula is C4H6CaO5. The average molecular weight is 174 g/mol. The molecule has 0 aliphatic rings. The molecule has 0 saturated carbocycles. The maximum Gasteiger partial charge on any atom is 0.333 e. The number of aliphatic hydroxyl groups is 1. The van der Waals surface area contributed by atoms with Crippen LogP contribution in [0.25, 0.3) is 0 Å². The summed E-state index contributed by atoms with van der Waals surface area (Å²) in [5, 5.41) is 24.1. The van der Waals surface area contributed by atoms with E-state index in [0.29, 0.717) is 0 Å². The Bertz CT molecular complexity index is 134. The summed E-state index contributed by atoms with van der Waals surface area (Å²) in [7, 11) is 0. The SMILES string of the molecule is O=C(O)C[C@H](O)C(=O)O.[Ca]. The zero-order valence-electron chi connectivity index (χ0n) is 5.15. The fourth-order valence-corrected chi connectivity index (χ4v) is 0.253. The number of carboxylic acids is 2. The monoisotopic (exact) mass is 174 g/mol. The summed E-state index contributed by atoms with van der Waals surface area (Å²) in [5.41, 5.74) is 0. The van der Waals surface area contributed by atoms with Gasteiger partial charge in [0.2, 0.25) is 0 Å². The van der Waals surface area contributed by atoms with Crippen LogP contribution >= 0.6 is 0 Å². The van der Waals surface area contributed by atoms with E-state index in [-0.39, 0.29) is 37.7 Å². The molecule has 0 aliphatic carbocycles. The van der Waals surface area contributed by atoms with Crippen molar-refractivity contribution in [2.24, 2.45) is 0 Å². The molecule has 6 heteroatoms. The van der Waals surface area contributed by atoms with Crippen molar-refractivity contribution in [1.82, 2.24) is 0 Å². The van der Waals surface area contributed by atoms with Gasteiger partial charge in [-0.15, -0.1) is 0 Å². The van der Waals surface area contributed by atoms with E-state index in [9.17, 15) is 9.59 Å². The van der Waals surface area contributed by atoms with Crippen LogP contribution in [-0.2, 0) is 9.59 Å². The van der Waals surface area contributed by atoms with Crippen LogP contribution < -0.4 is 0 Å². The van der Waals surface area contributed by atoms with Crippen LogP contribution in [0, 0.1) is 0 Å². The van der Waals surface area contributed by atoms with Crippen LogP contribution in [0.1, 0.15) is 6.42 Å². The van der Waals surface area contributed by atoms with E-state index in [1.54, 1.807) is 0 Å². The largest absolute Gasteiger partial charge is 0.481 e. The van der Waals surface area contributed by atoms with E-state index in [4.69, 9.17) is 15.3 Å². The maximum absolute atomic E-state index is 9.72.